The quantitative estimate of drug-likeness (QED) is 0.707. The van der Waals surface area contributed by atoms with Crippen LogP contribution in [0.3, 0.4) is 0 Å². The molecule has 0 saturated heterocycles. The third kappa shape index (κ3) is 1.48. The highest BCUT2D eigenvalue weighted by Gasteiger charge is 2.07. The number of rotatable bonds is 1. The fraction of sp³-hybridized carbons (Fsp3) is 0. The summed E-state index contributed by atoms with van der Waals surface area (Å²) in [5, 5.41) is 0.294. The predicted octanol–water partition coefficient (Wildman–Crippen LogP) is 1.97. The first-order valence-electron chi connectivity index (χ1n) is 3.59. The van der Waals surface area contributed by atoms with Crippen LogP contribution in [0.25, 0.3) is 11.3 Å². The summed E-state index contributed by atoms with van der Waals surface area (Å²) in [6, 6.07) is 3.54. The number of furan rings is 1. The zero-order chi connectivity index (χ0) is 9.26. The van der Waals surface area contributed by atoms with Gasteiger partial charge in [-0.2, -0.15) is 0 Å². The third-order valence-corrected chi connectivity index (χ3v) is 1.84. The fourth-order valence-electron chi connectivity index (χ4n) is 0.971. The lowest BCUT2D eigenvalue weighted by atomic mass is 10.3. The van der Waals surface area contributed by atoms with E-state index in [-0.39, 0.29) is 5.95 Å². The van der Waals surface area contributed by atoms with Crippen molar-refractivity contribution in [2.75, 3.05) is 5.73 Å². The number of nitrogens with two attached hydrogens (primary N) is 1. The Morgan fingerprint density at radius 1 is 1.46 bits per heavy atom. The van der Waals surface area contributed by atoms with Gasteiger partial charge in [0, 0.05) is 6.20 Å². The molecular formula is C8H6ClN3O. The average Bonchev–Trinajstić information content (AvgIpc) is 2.56. The Kier molecular flexibility index (Phi) is 1.90. The van der Waals surface area contributed by atoms with Crippen LogP contribution < -0.4 is 5.73 Å². The summed E-state index contributed by atoms with van der Waals surface area (Å²) < 4.78 is 5.13. The molecule has 0 aromatic carbocycles. The standard InChI is InChI=1S/C8H6ClN3O/c9-7-5(4-11-8(10)12-7)6-2-1-3-13-6/h1-4H,(H2,10,11,12). The van der Waals surface area contributed by atoms with Crippen molar-refractivity contribution in [3.8, 4) is 11.3 Å². The lowest BCUT2D eigenvalue weighted by Crippen LogP contribution is -1.95. The Bertz CT molecular complexity index is 413. The van der Waals surface area contributed by atoms with Crippen molar-refractivity contribution in [3.63, 3.8) is 0 Å². The van der Waals surface area contributed by atoms with Crippen LogP contribution in [-0.4, -0.2) is 9.97 Å². The van der Waals surface area contributed by atoms with Crippen molar-refractivity contribution >= 4 is 17.5 Å². The maximum atomic E-state index is 5.83. The fourth-order valence-corrected chi connectivity index (χ4v) is 1.20. The molecule has 0 amide bonds. The number of nitrogen functional groups attached to an aromatic ring is 1. The summed E-state index contributed by atoms with van der Waals surface area (Å²) in [6.07, 6.45) is 3.09. The zero-order valence-corrected chi connectivity index (χ0v) is 7.32. The van der Waals surface area contributed by atoms with Crippen molar-refractivity contribution in [3.05, 3.63) is 29.7 Å². The van der Waals surface area contributed by atoms with E-state index in [1.807, 2.05) is 0 Å². The Hall–Kier alpha value is -1.55. The van der Waals surface area contributed by atoms with Gasteiger partial charge in [-0.3, -0.25) is 0 Å². The van der Waals surface area contributed by atoms with Crippen LogP contribution in [0.5, 0.6) is 0 Å². The van der Waals surface area contributed by atoms with Gasteiger partial charge in [-0.25, -0.2) is 9.97 Å². The van der Waals surface area contributed by atoms with Crippen LogP contribution in [0.2, 0.25) is 5.15 Å². The van der Waals surface area contributed by atoms with Crippen LogP contribution >= 0.6 is 11.6 Å². The normalized spacial score (nSPS) is 10.2. The van der Waals surface area contributed by atoms with Gasteiger partial charge in [0.1, 0.15) is 10.9 Å². The van der Waals surface area contributed by atoms with E-state index < -0.39 is 0 Å². The highest BCUT2D eigenvalue weighted by molar-refractivity contribution is 6.32. The van der Waals surface area contributed by atoms with Crippen molar-refractivity contribution in [1.29, 1.82) is 0 Å². The number of hydrogen-bond donors (Lipinski definition) is 1. The molecule has 0 bridgehead atoms. The number of nitrogens with zero attached hydrogens (tertiary/aromatic N) is 2. The summed E-state index contributed by atoms with van der Waals surface area (Å²) in [7, 11) is 0. The highest BCUT2D eigenvalue weighted by Crippen LogP contribution is 2.25. The van der Waals surface area contributed by atoms with Crippen molar-refractivity contribution in [1.82, 2.24) is 9.97 Å². The number of anilines is 1. The number of aromatic nitrogens is 2. The van der Waals surface area contributed by atoms with Crippen LogP contribution in [0, 0.1) is 0 Å². The third-order valence-electron chi connectivity index (χ3n) is 1.55. The van der Waals surface area contributed by atoms with Gasteiger partial charge in [0.05, 0.1) is 11.8 Å². The monoisotopic (exact) mass is 195 g/mol. The Morgan fingerprint density at radius 3 is 2.92 bits per heavy atom. The summed E-state index contributed by atoms with van der Waals surface area (Å²) in [4.78, 5) is 7.62. The minimum atomic E-state index is 0.153. The smallest absolute Gasteiger partial charge is 0.221 e. The second-order valence-electron chi connectivity index (χ2n) is 2.41. The van der Waals surface area contributed by atoms with E-state index in [1.165, 1.54) is 6.20 Å². The molecule has 13 heavy (non-hydrogen) atoms. The van der Waals surface area contributed by atoms with E-state index in [0.29, 0.717) is 16.5 Å². The number of hydrogen-bond acceptors (Lipinski definition) is 4. The molecule has 0 saturated carbocycles. The molecule has 0 aliphatic rings. The van der Waals surface area contributed by atoms with Gasteiger partial charge in [-0.15, -0.1) is 0 Å². The lowest BCUT2D eigenvalue weighted by molar-refractivity contribution is 0.582. The molecule has 0 unspecified atom stereocenters. The molecular weight excluding hydrogens is 190 g/mol. The maximum Gasteiger partial charge on any atom is 0.221 e. The summed E-state index contributed by atoms with van der Waals surface area (Å²) in [6.45, 7) is 0. The molecule has 0 atom stereocenters. The van der Waals surface area contributed by atoms with Gasteiger partial charge in [-0.05, 0) is 12.1 Å². The van der Waals surface area contributed by atoms with Crippen LogP contribution in [0.1, 0.15) is 0 Å². The van der Waals surface area contributed by atoms with Gasteiger partial charge < -0.3 is 10.2 Å². The van der Waals surface area contributed by atoms with Gasteiger partial charge in [0.2, 0.25) is 5.95 Å². The molecule has 0 aliphatic heterocycles. The van der Waals surface area contributed by atoms with Crippen LogP contribution in [0.15, 0.2) is 29.0 Å². The van der Waals surface area contributed by atoms with E-state index in [2.05, 4.69) is 9.97 Å². The molecule has 2 N–H and O–H groups in total. The average molecular weight is 196 g/mol. The second kappa shape index (κ2) is 3.06. The molecule has 66 valence electrons. The molecule has 2 aromatic heterocycles. The van der Waals surface area contributed by atoms with Crippen LogP contribution in [-0.2, 0) is 0 Å². The van der Waals surface area contributed by atoms with Gasteiger partial charge in [0.25, 0.3) is 0 Å². The van der Waals surface area contributed by atoms with Crippen molar-refractivity contribution in [2.45, 2.75) is 0 Å². The second-order valence-corrected chi connectivity index (χ2v) is 2.77. The molecule has 5 heteroatoms. The molecule has 2 heterocycles. The molecule has 4 nitrogen and oxygen atoms in total. The minimum absolute atomic E-state index is 0.153. The Morgan fingerprint density at radius 2 is 2.31 bits per heavy atom. The predicted molar refractivity (Wildman–Crippen MR) is 49.2 cm³/mol. The van der Waals surface area contributed by atoms with Crippen molar-refractivity contribution in [2.24, 2.45) is 0 Å². The molecule has 0 aliphatic carbocycles. The first kappa shape index (κ1) is 8.07. The molecule has 0 spiro atoms. The highest BCUT2D eigenvalue weighted by atomic mass is 35.5. The van der Waals surface area contributed by atoms with Crippen LogP contribution in [0.4, 0.5) is 5.95 Å². The van der Waals surface area contributed by atoms with Gasteiger partial charge >= 0.3 is 0 Å². The molecule has 0 fully saturated rings. The molecule has 2 rings (SSSR count). The molecule has 2 aromatic rings. The van der Waals surface area contributed by atoms with E-state index in [9.17, 15) is 0 Å². The molecule has 0 radical (unpaired) electrons. The topological polar surface area (TPSA) is 64.9 Å². The van der Waals surface area contributed by atoms with Gasteiger partial charge in [-0.1, -0.05) is 11.6 Å². The first-order valence-corrected chi connectivity index (χ1v) is 3.97. The van der Waals surface area contributed by atoms with E-state index >= 15 is 0 Å². The summed E-state index contributed by atoms with van der Waals surface area (Å²) in [5.41, 5.74) is 5.98. The number of halogens is 1. The summed E-state index contributed by atoms with van der Waals surface area (Å²) >= 11 is 5.83. The van der Waals surface area contributed by atoms with E-state index in [1.54, 1.807) is 18.4 Å². The van der Waals surface area contributed by atoms with E-state index in [4.69, 9.17) is 21.8 Å². The summed E-state index contributed by atoms with van der Waals surface area (Å²) in [5.74, 6) is 0.783. The minimum Gasteiger partial charge on any atom is -0.464 e. The first-order chi connectivity index (χ1) is 6.27. The Balaban J connectivity index is 2.53. The lowest BCUT2D eigenvalue weighted by Gasteiger charge is -1.98. The maximum absolute atomic E-state index is 5.83. The zero-order valence-electron chi connectivity index (χ0n) is 6.57. The largest absolute Gasteiger partial charge is 0.464 e. The van der Waals surface area contributed by atoms with Crippen molar-refractivity contribution < 1.29 is 4.42 Å². The van der Waals surface area contributed by atoms with E-state index in [0.717, 1.165) is 0 Å². The van der Waals surface area contributed by atoms with Gasteiger partial charge in [0.15, 0.2) is 0 Å². The Labute approximate surface area is 79.4 Å². The SMILES string of the molecule is Nc1ncc(-c2ccco2)c(Cl)n1.